The lowest BCUT2D eigenvalue weighted by Gasteiger charge is -2.26. The van der Waals surface area contributed by atoms with Gasteiger partial charge in [0.25, 0.3) is 0 Å². The van der Waals surface area contributed by atoms with E-state index >= 15 is 0 Å². The molecule has 1 heterocycles. The molecule has 0 atom stereocenters. The van der Waals surface area contributed by atoms with Gasteiger partial charge in [-0.15, -0.1) is 0 Å². The normalized spacial score (nSPS) is 18.4. The van der Waals surface area contributed by atoms with Crippen LogP contribution in [-0.4, -0.2) is 17.9 Å². The van der Waals surface area contributed by atoms with Crippen LogP contribution in [0.2, 0.25) is 0 Å². The number of guanidine groups is 1. The van der Waals surface area contributed by atoms with Crippen molar-refractivity contribution in [1.29, 1.82) is 0 Å². The number of rotatable bonds is 1. The maximum absolute atomic E-state index is 5.66. The molecule has 0 saturated heterocycles. The predicted octanol–water partition coefficient (Wildman–Crippen LogP) is 1.44. The van der Waals surface area contributed by atoms with Crippen molar-refractivity contribution in [2.75, 3.05) is 7.05 Å². The van der Waals surface area contributed by atoms with Crippen molar-refractivity contribution in [3.8, 4) is 0 Å². The van der Waals surface area contributed by atoms with E-state index in [1.807, 2.05) is 18.9 Å². The van der Waals surface area contributed by atoms with Crippen molar-refractivity contribution < 1.29 is 0 Å². The van der Waals surface area contributed by atoms with E-state index in [-0.39, 0.29) is 0 Å². The van der Waals surface area contributed by atoms with E-state index in [1.165, 1.54) is 5.57 Å². The zero-order valence-electron chi connectivity index (χ0n) is 7.89. The van der Waals surface area contributed by atoms with Crippen molar-refractivity contribution >= 4 is 5.96 Å². The van der Waals surface area contributed by atoms with Gasteiger partial charge in [0.2, 0.25) is 5.96 Å². The number of nitrogens with zero attached hydrogens (tertiary/aromatic N) is 2. The summed E-state index contributed by atoms with van der Waals surface area (Å²) in [5, 5.41) is 0. The van der Waals surface area contributed by atoms with Crippen LogP contribution in [0.25, 0.3) is 0 Å². The monoisotopic (exact) mass is 165 g/mol. The smallest absolute Gasteiger partial charge is 0.200 e. The molecule has 1 aliphatic rings. The van der Waals surface area contributed by atoms with Crippen molar-refractivity contribution in [2.45, 2.75) is 20.3 Å². The standard InChI is InChI=1S/C9H15N3/c1-5-8-6(2)11-9(10)12(4)7(8)3/h2,5H2,1,3-4H3,(H2,10,11). The second kappa shape index (κ2) is 3.01. The molecule has 0 fully saturated rings. The lowest BCUT2D eigenvalue weighted by molar-refractivity contribution is 0.594. The Bertz CT molecular complexity index is 273. The van der Waals surface area contributed by atoms with Crippen molar-refractivity contribution in [3.63, 3.8) is 0 Å². The van der Waals surface area contributed by atoms with Crippen molar-refractivity contribution in [3.05, 3.63) is 23.5 Å². The molecule has 0 aromatic rings. The zero-order valence-corrected chi connectivity index (χ0v) is 7.89. The van der Waals surface area contributed by atoms with Crippen molar-refractivity contribution in [1.82, 2.24) is 4.90 Å². The average molecular weight is 165 g/mol. The van der Waals surface area contributed by atoms with Gasteiger partial charge in [0, 0.05) is 12.7 Å². The minimum absolute atomic E-state index is 0.523. The van der Waals surface area contributed by atoms with Gasteiger partial charge in [0.05, 0.1) is 5.70 Å². The van der Waals surface area contributed by atoms with Gasteiger partial charge < -0.3 is 10.6 Å². The Labute approximate surface area is 73.3 Å². The molecular weight excluding hydrogens is 150 g/mol. The van der Waals surface area contributed by atoms with E-state index in [4.69, 9.17) is 5.73 Å². The third-order valence-electron chi connectivity index (χ3n) is 2.23. The number of hydrogen-bond acceptors (Lipinski definition) is 3. The lowest BCUT2D eigenvalue weighted by Crippen LogP contribution is -2.35. The van der Waals surface area contributed by atoms with E-state index in [9.17, 15) is 0 Å². The molecule has 0 bridgehead atoms. The van der Waals surface area contributed by atoms with Crippen LogP contribution in [0.5, 0.6) is 0 Å². The molecule has 2 N–H and O–H groups in total. The van der Waals surface area contributed by atoms with Gasteiger partial charge >= 0.3 is 0 Å². The van der Waals surface area contributed by atoms with Crippen LogP contribution in [0.3, 0.4) is 0 Å². The fourth-order valence-corrected chi connectivity index (χ4v) is 1.32. The molecule has 0 amide bonds. The topological polar surface area (TPSA) is 41.6 Å². The summed E-state index contributed by atoms with van der Waals surface area (Å²) in [4.78, 5) is 6.02. The Morgan fingerprint density at radius 1 is 1.58 bits per heavy atom. The van der Waals surface area contributed by atoms with Crippen LogP contribution in [0.15, 0.2) is 28.5 Å². The lowest BCUT2D eigenvalue weighted by atomic mass is 10.1. The highest BCUT2D eigenvalue weighted by molar-refractivity contribution is 5.82. The first kappa shape index (κ1) is 8.84. The Balaban J connectivity index is 3.07. The second-order valence-electron chi connectivity index (χ2n) is 2.89. The number of hydrogen-bond donors (Lipinski definition) is 1. The molecule has 0 aromatic carbocycles. The number of allylic oxidation sites excluding steroid dienone is 2. The van der Waals surface area contributed by atoms with E-state index in [0.717, 1.165) is 17.8 Å². The molecule has 12 heavy (non-hydrogen) atoms. The molecule has 0 unspecified atom stereocenters. The summed E-state index contributed by atoms with van der Waals surface area (Å²) in [6, 6.07) is 0. The minimum atomic E-state index is 0.523. The summed E-state index contributed by atoms with van der Waals surface area (Å²) in [5.74, 6) is 0.523. The Hall–Kier alpha value is -1.25. The molecule has 0 spiro atoms. The summed E-state index contributed by atoms with van der Waals surface area (Å²) < 4.78 is 0. The molecule has 1 rings (SSSR count). The van der Waals surface area contributed by atoms with Gasteiger partial charge in [0.15, 0.2) is 0 Å². The summed E-state index contributed by atoms with van der Waals surface area (Å²) in [5.41, 5.74) is 8.79. The maximum Gasteiger partial charge on any atom is 0.200 e. The fraction of sp³-hybridized carbons (Fsp3) is 0.444. The van der Waals surface area contributed by atoms with Crippen LogP contribution in [0, 0.1) is 0 Å². The van der Waals surface area contributed by atoms with Crippen LogP contribution in [0.4, 0.5) is 0 Å². The molecule has 1 aliphatic heterocycles. The molecule has 66 valence electrons. The first-order valence-corrected chi connectivity index (χ1v) is 4.04. The van der Waals surface area contributed by atoms with Crippen LogP contribution in [0.1, 0.15) is 20.3 Å². The average Bonchev–Trinajstić information content (AvgIpc) is 2.01. The largest absolute Gasteiger partial charge is 0.369 e. The second-order valence-corrected chi connectivity index (χ2v) is 2.89. The summed E-state index contributed by atoms with van der Waals surface area (Å²) in [7, 11) is 1.91. The number of nitrogens with two attached hydrogens (primary N) is 1. The summed E-state index contributed by atoms with van der Waals surface area (Å²) in [6.45, 7) is 7.98. The Morgan fingerprint density at radius 2 is 2.17 bits per heavy atom. The molecule has 3 nitrogen and oxygen atoms in total. The highest BCUT2D eigenvalue weighted by Gasteiger charge is 2.16. The van der Waals surface area contributed by atoms with E-state index < -0.39 is 0 Å². The first-order chi connectivity index (χ1) is 5.57. The van der Waals surface area contributed by atoms with E-state index in [2.05, 4.69) is 18.5 Å². The summed E-state index contributed by atoms with van der Waals surface area (Å²) >= 11 is 0. The molecule has 0 saturated carbocycles. The van der Waals surface area contributed by atoms with Gasteiger partial charge in [-0.3, -0.25) is 0 Å². The third-order valence-corrected chi connectivity index (χ3v) is 2.23. The molecule has 3 heteroatoms. The zero-order chi connectivity index (χ0) is 9.30. The van der Waals surface area contributed by atoms with Gasteiger partial charge in [0.1, 0.15) is 0 Å². The fourth-order valence-electron chi connectivity index (χ4n) is 1.32. The maximum atomic E-state index is 5.66. The third kappa shape index (κ3) is 1.22. The van der Waals surface area contributed by atoms with Crippen LogP contribution < -0.4 is 5.73 Å². The van der Waals surface area contributed by atoms with Crippen LogP contribution >= 0.6 is 0 Å². The predicted molar refractivity (Wildman–Crippen MR) is 51.5 cm³/mol. The highest BCUT2D eigenvalue weighted by atomic mass is 15.3. The van der Waals surface area contributed by atoms with Gasteiger partial charge in [-0.1, -0.05) is 13.5 Å². The molecular formula is C9H15N3. The Kier molecular flexibility index (Phi) is 2.22. The van der Waals surface area contributed by atoms with Gasteiger partial charge in [-0.2, -0.15) is 0 Å². The molecule has 0 radical (unpaired) electrons. The number of aliphatic imine (C=N–C) groups is 1. The first-order valence-electron chi connectivity index (χ1n) is 4.04. The molecule has 0 aromatic heterocycles. The van der Waals surface area contributed by atoms with Gasteiger partial charge in [-0.05, 0) is 18.9 Å². The van der Waals surface area contributed by atoms with Gasteiger partial charge in [-0.25, -0.2) is 4.99 Å². The minimum Gasteiger partial charge on any atom is -0.369 e. The van der Waals surface area contributed by atoms with Crippen molar-refractivity contribution in [2.24, 2.45) is 10.7 Å². The Morgan fingerprint density at radius 3 is 2.67 bits per heavy atom. The SMILES string of the molecule is C=C1N=C(N)N(C)C(C)=C1CC. The quantitative estimate of drug-likeness (QED) is 0.639. The molecule has 0 aliphatic carbocycles. The summed E-state index contributed by atoms with van der Waals surface area (Å²) in [6.07, 6.45) is 0.950. The van der Waals surface area contributed by atoms with E-state index in [1.54, 1.807) is 0 Å². The van der Waals surface area contributed by atoms with Crippen LogP contribution in [-0.2, 0) is 0 Å². The van der Waals surface area contributed by atoms with E-state index in [0.29, 0.717) is 5.96 Å². The highest BCUT2D eigenvalue weighted by Crippen LogP contribution is 2.23.